The summed E-state index contributed by atoms with van der Waals surface area (Å²) in [6.07, 6.45) is -11.5. The summed E-state index contributed by atoms with van der Waals surface area (Å²) in [7, 11) is 1.45. The Morgan fingerprint density at radius 3 is 2.05 bits per heavy atom. The van der Waals surface area contributed by atoms with E-state index in [1.165, 1.54) is 7.05 Å². The zero-order valence-corrected chi connectivity index (χ0v) is 21.1. The number of carbonyl (C=O) groups excluding carboxylic acids is 1. The van der Waals surface area contributed by atoms with E-state index in [2.05, 4.69) is 16.0 Å². The van der Waals surface area contributed by atoms with Crippen LogP contribution in [0.15, 0.2) is 0 Å². The first kappa shape index (κ1) is 32.9. The van der Waals surface area contributed by atoms with Crippen molar-refractivity contribution >= 4 is 18.2 Å². The molecule has 1 saturated carbocycles. The van der Waals surface area contributed by atoms with Crippen LogP contribution in [0.3, 0.4) is 0 Å². The van der Waals surface area contributed by atoms with E-state index in [0.29, 0.717) is 0 Å². The van der Waals surface area contributed by atoms with Gasteiger partial charge in [-0.1, -0.05) is 0 Å². The molecule has 226 valence electrons. The smallest absolute Gasteiger partial charge is 0.186 e. The Morgan fingerprint density at radius 2 is 1.51 bits per heavy atom. The summed E-state index contributed by atoms with van der Waals surface area (Å²) in [5.41, 5.74) is 8.36. The fourth-order valence-electron chi connectivity index (χ4n) is 4.35. The highest BCUT2D eigenvalue weighted by molar-refractivity contribution is 5.75. The molecule has 2 fully saturated rings. The summed E-state index contributed by atoms with van der Waals surface area (Å²) >= 11 is 0. The number of rotatable bonds is 13. The number of aliphatic hydroxyl groups is 7. The molecule has 2 rings (SSSR count). The summed E-state index contributed by atoms with van der Waals surface area (Å²) in [4.78, 5) is 11.6. The van der Waals surface area contributed by atoms with Gasteiger partial charge in [0.1, 0.15) is 43.4 Å². The van der Waals surface area contributed by atoms with E-state index in [1.807, 2.05) is 0 Å². The molecule has 2 aliphatic rings. The molecular weight excluding hydrogens is 530 g/mol. The van der Waals surface area contributed by atoms with Crippen LogP contribution in [0.4, 0.5) is 0 Å². The summed E-state index contributed by atoms with van der Waals surface area (Å²) < 4.78 is 21.5. The van der Waals surface area contributed by atoms with Gasteiger partial charge in [0.2, 0.25) is 0 Å². The second-order valence-electron chi connectivity index (χ2n) is 9.29. The molecule has 5 unspecified atom stereocenters. The number of carbonyl (C=O) groups is 1. The van der Waals surface area contributed by atoms with Crippen molar-refractivity contribution in [2.75, 3.05) is 33.7 Å². The zero-order chi connectivity index (χ0) is 29.5. The van der Waals surface area contributed by atoms with Gasteiger partial charge in [0, 0.05) is 0 Å². The molecule has 0 spiro atoms. The number of hydrogen-bond donors (Lipinski definition) is 14. The molecule has 1 heterocycles. The number of nitrogens with one attached hydrogen (secondary N) is 5. The third-order valence-electron chi connectivity index (χ3n) is 6.42. The predicted molar refractivity (Wildman–Crippen MR) is 129 cm³/mol. The summed E-state index contributed by atoms with van der Waals surface area (Å²) in [6.45, 7) is -2.71. The monoisotopic (exact) mass is 569 g/mol. The molecule has 0 aromatic heterocycles. The lowest BCUT2D eigenvalue weighted by Crippen LogP contribution is -2.73. The molecule has 19 heteroatoms. The highest BCUT2D eigenvalue weighted by Crippen LogP contribution is 2.25. The molecule has 0 bridgehead atoms. The minimum atomic E-state index is -2.25. The highest BCUT2D eigenvalue weighted by atomic mass is 16.7. The number of nitrogens with two attached hydrogens (primary N) is 2. The van der Waals surface area contributed by atoms with E-state index in [9.17, 15) is 40.5 Å². The fourth-order valence-corrected chi connectivity index (χ4v) is 4.35. The van der Waals surface area contributed by atoms with Crippen LogP contribution in [0.2, 0.25) is 0 Å². The molecule has 0 amide bonds. The van der Waals surface area contributed by atoms with Crippen molar-refractivity contribution in [1.82, 2.24) is 16.0 Å². The predicted octanol–water partition coefficient (Wildman–Crippen LogP) is -7.88. The second kappa shape index (κ2) is 14.4. The zero-order valence-electron chi connectivity index (χ0n) is 21.1. The Morgan fingerprint density at radius 1 is 0.923 bits per heavy atom. The van der Waals surface area contributed by atoms with Crippen LogP contribution in [0, 0.1) is 10.8 Å². The van der Waals surface area contributed by atoms with E-state index in [1.54, 1.807) is 0 Å². The van der Waals surface area contributed by atoms with E-state index < -0.39 is 111 Å². The number of ether oxygens (including phenoxy) is 4. The Labute approximate surface area is 223 Å². The first-order valence-electron chi connectivity index (χ1n) is 11.8. The Kier molecular flexibility index (Phi) is 12.2. The first-order chi connectivity index (χ1) is 18.3. The van der Waals surface area contributed by atoms with Gasteiger partial charge in [0.25, 0.3) is 0 Å². The van der Waals surface area contributed by atoms with Crippen molar-refractivity contribution < 1.29 is 59.5 Å². The summed E-state index contributed by atoms with van der Waals surface area (Å²) in [6, 6.07) is -3.57. The van der Waals surface area contributed by atoms with Crippen LogP contribution in [0.5, 0.6) is 0 Å². The van der Waals surface area contributed by atoms with Crippen molar-refractivity contribution in [3.8, 4) is 0 Å². The van der Waals surface area contributed by atoms with Crippen LogP contribution < -0.4 is 27.4 Å². The van der Waals surface area contributed by atoms with Gasteiger partial charge in [-0.2, -0.15) is 0 Å². The van der Waals surface area contributed by atoms with Crippen molar-refractivity contribution in [2.24, 2.45) is 11.5 Å². The highest BCUT2D eigenvalue weighted by Gasteiger charge is 2.51. The maximum Gasteiger partial charge on any atom is 0.186 e. The molecule has 19 nitrogen and oxygen atoms in total. The lowest BCUT2D eigenvalue weighted by Gasteiger charge is -2.46. The van der Waals surface area contributed by atoms with Crippen LogP contribution in [-0.2, 0) is 23.7 Å². The van der Waals surface area contributed by atoms with Crippen molar-refractivity contribution in [3.63, 3.8) is 0 Å². The van der Waals surface area contributed by atoms with Gasteiger partial charge in [-0.25, -0.2) is 0 Å². The van der Waals surface area contributed by atoms with Gasteiger partial charge in [-0.3, -0.25) is 15.6 Å². The summed E-state index contributed by atoms with van der Waals surface area (Å²) in [5.74, 6) is -1.20. The molecule has 1 saturated heterocycles. The molecule has 0 aromatic carbocycles. The average molecular weight is 570 g/mol. The number of aldehydes is 1. The minimum Gasteiger partial charge on any atom is -0.394 e. The maximum atomic E-state index is 11.6. The van der Waals surface area contributed by atoms with E-state index >= 15 is 0 Å². The third-order valence-corrected chi connectivity index (χ3v) is 6.42. The third kappa shape index (κ3) is 8.13. The Balaban J connectivity index is 1.98. The molecule has 16 N–H and O–H groups in total. The molecule has 1 aliphatic heterocycles. The number of guanidine groups is 2. The molecule has 0 radical (unpaired) electrons. The Hall–Kier alpha value is -2.27. The first-order valence-corrected chi connectivity index (χ1v) is 11.8. The van der Waals surface area contributed by atoms with Crippen LogP contribution in [0.25, 0.3) is 0 Å². The molecule has 12 atom stereocenters. The molecule has 0 aromatic rings. The maximum absolute atomic E-state index is 11.6. The van der Waals surface area contributed by atoms with Crippen molar-refractivity contribution in [2.45, 2.75) is 72.7 Å². The van der Waals surface area contributed by atoms with Gasteiger partial charge in [-0.05, 0) is 7.05 Å². The molecule has 1 aliphatic carbocycles. The standard InChI is InChI=1S/C20H39N7O12/c1-25-10-14(33)11(30)7(2-28)39-17(10)37-5-20(35,3-29)4-36-6-38-16-9(27-19(23)24)12(31)8(26-18(21)22)13(32)15(16)34/h3,7-17,25,28,30-35H,2,4-6H2,1H3,(H4,21,22,26)(H4,23,24,27)/t7?,8?,9-,10+,11-,12?,13-,14?,15-,16?,17+,20-/m0/s1. The lowest BCUT2D eigenvalue weighted by molar-refractivity contribution is -0.280. The van der Waals surface area contributed by atoms with Gasteiger partial charge < -0.3 is 82.1 Å². The minimum absolute atomic E-state index is 0.125. The number of likely N-dealkylation sites (N-methyl/N-ethyl adjacent to an activating group) is 1. The van der Waals surface area contributed by atoms with Gasteiger partial charge in [0.15, 0.2) is 30.1 Å². The average Bonchev–Trinajstić information content (AvgIpc) is 2.89. The lowest BCUT2D eigenvalue weighted by atomic mass is 9.81. The van der Waals surface area contributed by atoms with Gasteiger partial charge in [-0.15, -0.1) is 0 Å². The SMILES string of the molecule is CN[C@@H]1C(O)[C@@H](O)C(CO)O[C@H]1OC[C@](O)(C=O)COCOC1[C@@H](NC(=N)N)C(O)C(NC(=N)N)[C@H](O)[C@@H]1O. The Bertz CT molecular complexity index is 830. The largest absolute Gasteiger partial charge is 0.394 e. The van der Waals surface area contributed by atoms with Gasteiger partial charge in [0.05, 0.1) is 44.1 Å². The second-order valence-corrected chi connectivity index (χ2v) is 9.29. The molecule has 39 heavy (non-hydrogen) atoms. The van der Waals surface area contributed by atoms with Crippen LogP contribution in [0.1, 0.15) is 0 Å². The fraction of sp³-hybridized carbons (Fsp3) is 0.850. The van der Waals surface area contributed by atoms with Gasteiger partial charge >= 0.3 is 0 Å². The normalized spacial score (nSPS) is 38.4. The summed E-state index contributed by atoms with van der Waals surface area (Å²) in [5, 5.41) is 93.9. The number of aliphatic hydroxyl groups excluding tert-OH is 6. The topological polar surface area (TPSA) is 331 Å². The van der Waals surface area contributed by atoms with Crippen molar-refractivity contribution in [1.29, 1.82) is 10.8 Å². The van der Waals surface area contributed by atoms with Crippen molar-refractivity contribution in [3.05, 3.63) is 0 Å². The molecular formula is C20H39N7O12. The van der Waals surface area contributed by atoms with E-state index in [-0.39, 0.29) is 6.29 Å². The van der Waals surface area contributed by atoms with E-state index in [4.69, 9.17) is 41.2 Å². The van der Waals surface area contributed by atoms with E-state index in [0.717, 1.165) is 0 Å². The quantitative estimate of drug-likeness (QED) is 0.0322. The van der Waals surface area contributed by atoms with Crippen LogP contribution in [-0.4, -0.2) is 160 Å². The van der Waals surface area contributed by atoms with Crippen LogP contribution >= 0.6 is 0 Å². The number of hydrogen-bond acceptors (Lipinski definition) is 15.